The van der Waals surface area contributed by atoms with E-state index in [-0.39, 0.29) is 18.1 Å². The molecule has 1 aromatic rings. The Morgan fingerprint density at radius 2 is 1.72 bits per heavy atom. The molecule has 0 heterocycles. The van der Waals surface area contributed by atoms with Gasteiger partial charge >= 0.3 is 0 Å². The Labute approximate surface area is 107 Å². The van der Waals surface area contributed by atoms with Gasteiger partial charge in [-0.15, -0.1) is 0 Å². The van der Waals surface area contributed by atoms with Gasteiger partial charge in [0.2, 0.25) is 0 Å². The van der Waals surface area contributed by atoms with Crippen LogP contribution in [0.5, 0.6) is 5.75 Å². The molecular formula is C12H19NO4S. The van der Waals surface area contributed by atoms with E-state index in [1.54, 1.807) is 24.3 Å². The van der Waals surface area contributed by atoms with Crippen molar-refractivity contribution in [3.63, 3.8) is 0 Å². The molecule has 3 N–H and O–H groups in total. The monoisotopic (exact) mass is 273 g/mol. The lowest BCUT2D eigenvalue weighted by Gasteiger charge is -2.06. The van der Waals surface area contributed by atoms with Gasteiger partial charge in [-0.3, -0.25) is 0 Å². The molecule has 0 aliphatic heterocycles. The van der Waals surface area contributed by atoms with Crippen LogP contribution in [0.15, 0.2) is 24.3 Å². The summed E-state index contributed by atoms with van der Waals surface area (Å²) < 4.78 is 28.3. The zero-order valence-corrected chi connectivity index (χ0v) is 11.0. The van der Waals surface area contributed by atoms with Crippen molar-refractivity contribution in [2.45, 2.75) is 12.8 Å². The first kappa shape index (κ1) is 14.8. The number of aliphatic hydroxyl groups is 1. The number of nitrogen functional groups attached to an aromatic ring is 1. The van der Waals surface area contributed by atoms with Crippen molar-refractivity contribution in [3.05, 3.63) is 24.3 Å². The number of anilines is 1. The van der Waals surface area contributed by atoms with Gasteiger partial charge in [0.1, 0.15) is 5.75 Å². The zero-order valence-electron chi connectivity index (χ0n) is 10.2. The fourth-order valence-electron chi connectivity index (χ4n) is 1.42. The highest BCUT2D eigenvalue weighted by Gasteiger charge is 2.09. The molecule has 0 aliphatic carbocycles. The number of ether oxygens (including phenoxy) is 1. The van der Waals surface area contributed by atoms with Crippen LogP contribution < -0.4 is 10.5 Å². The summed E-state index contributed by atoms with van der Waals surface area (Å²) in [6, 6.07) is 6.95. The summed E-state index contributed by atoms with van der Waals surface area (Å²) in [5, 5.41) is 8.57. The van der Waals surface area contributed by atoms with Gasteiger partial charge in [-0.1, -0.05) is 0 Å². The molecule has 5 nitrogen and oxygen atoms in total. The Balaban J connectivity index is 2.24. The summed E-state index contributed by atoms with van der Waals surface area (Å²) in [4.78, 5) is 0. The topological polar surface area (TPSA) is 89.6 Å². The van der Waals surface area contributed by atoms with E-state index in [2.05, 4.69) is 0 Å². The maximum atomic E-state index is 11.5. The van der Waals surface area contributed by atoms with E-state index in [1.165, 1.54) is 0 Å². The SMILES string of the molecule is Nc1ccc(OCCCS(=O)(=O)CCCO)cc1. The standard InChI is InChI=1S/C12H19NO4S/c13-11-3-5-12(6-4-11)17-8-2-10-18(15,16)9-1-7-14/h3-6,14H,1-2,7-10,13H2. The van der Waals surface area contributed by atoms with Crippen molar-refractivity contribution in [3.8, 4) is 5.75 Å². The summed E-state index contributed by atoms with van der Waals surface area (Å²) in [6.45, 7) is 0.253. The number of hydrogen-bond donors (Lipinski definition) is 2. The van der Waals surface area contributed by atoms with E-state index in [1.807, 2.05) is 0 Å². The maximum absolute atomic E-state index is 11.5. The van der Waals surface area contributed by atoms with Crippen molar-refractivity contribution < 1.29 is 18.3 Å². The highest BCUT2D eigenvalue weighted by Crippen LogP contribution is 2.13. The molecule has 18 heavy (non-hydrogen) atoms. The normalized spacial score (nSPS) is 11.4. The van der Waals surface area contributed by atoms with Gasteiger partial charge in [0, 0.05) is 12.3 Å². The summed E-state index contributed by atoms with van der Waals surface area (Å²) in [6.07, 6.45) is 0.735. The summed E-state index contributed by atoms with van der Waals surface area (Å²) in [5.74, 6) is 0.796. The van der Waals surface area contributed by atoms with Gasteiger partial charge in [0.25, 0.3) is 0 Å². The molecule has 6 heteroatoms. The maximum Gasteiger partial charge on any atom is 0.150 e. The summed E-state index contributed by atoms with van der Waals surface area (Å²) >= 11 is 0. The molecule has 0 atom stereocenters. The third-order valence-electron chi connectivity index (χ3n) is 2.36. The average Bonchev–Trinajstić information content (AvgIpc) is 2.34. The minimum absolute atomic E-state index is 0.0331. The molecule has 0 amide bonds. The largest absolute Gasteiger partial charge is 0.494 e. The lowest BCUT2D eigenvalue weighted by atomic mass is 10.3. The van der Waals surface area contributed by atoms with Crippen molar-refractivity contribution in [2.24, 2.45) is 0 Å². The first-order valence-electron chi connectivity index (χ1n) is 5.83. The molecule has 0 saturated heterocycles. The Morgan fingerprint density at radius 3 is 2.33 bits per heavy atom. The lowest BCUT2D eigenvalue weighted by molar-refractivity contribution is 0.295. The minimum Gasteiger partial charge on any atom is -0.494 e. The van der Waals surface area contributed by atoms with Crippen molar-refractivity contribution >= 4 is 15.5 Å². The highest BCUT2D eigenvalue weighted by atomic mass is 32.2. The van der Waals surface area contributed by atoms with Crippen molar-refractivity contribution in [1.29, 1.82) is 0 Å². The molecular weight excluding hydrogens is 254 g/mol. The average molecular weight is 273 g/mol. The fraction of sp³-hybridized carbons (Fsp3) is 0.500. The number of nitrogens with two attached hydrogens (primary N) is 1. The van der Waals surface area contributed by atoms with Crippen molar-refractivity contribution in [1.82, 2.24) is 0 Å². The first-order chi connectivity index (χ1) is 8.53. The van der Waals surface area contributed by atoms with Crippen molar-refractivity contribution in [2.75, 3.05) is 30.5 Å². The van der Waals surface area contributed by atoms with Crippen LogP contribution in [0.3, 0.4) is 0 Å². The van der Waals surface area contributed by atoms with Crippen LogP contribution in [0.2, 0.25) is 0 Å². The van der Waals surface area contributed by atoms with Gasteiger partial charge in [-0.05, 0) is 37.1 Å². The number of aliphatic hydroxyl groups excluding tert-OH is 1. The van der Waals surface area contributed by atoms with E-state index in [0.717, 1.165) is 0 Å². The molecule has 102 valence electrons. The number of benzene rings is 1. The van der Waals surface area contributed by atoms with E-state index in [9.17, 15) is 8.42 Å². The predicted octanol–water partition coefficient (Wildman–Crippen LogP) is 0.835. The predicted molar refractivity (Wildman–Crippen MR) is 71.3 cm³/mol. The molecule has 0 aromatic heterocycles. The summed E-state index contributed by atoms with van der Waals surface area (Å²) in [5.41, 5.74) is 6.19. The van der Waals surface area contributed by atoms with Crippen LogP contribution in [0.25, 0.3) is 0 Å². The molecule has 1 rings (SSSR count). The van der Waals surface area contributed by atoms with Crippen LogP contribution in [0, 0.1) is 0 Å². The second-order valence-corrected chi connectivity index (χ2v) is 6.30. The van der Waals surface area contributed by atoms with Gasteiger partial charge < -0.3 is 15.6 Å². The molecule has 0 saturated carbocycles. The first-order valence-corrected chi connectivity index (χ1v) is 7.65. The number of rotatable bonds is 8. The Hall–Kier alpha value is -1.27. The van der Waals surface area contributed by atoms with Crippen LogP contribution in [0.1, 0.15) is 12.8 Å². The molecule has 0 radical (unpaired) electrons. The number of hydrogen-bond acceptors (Lipinski definition) is 5. The Bertz CT molecular complexity index is 442. The molecule has 0 spiro atoms. The zero-order chi connectivity index (χ0) is 13.4. The van der Waals surface area contributed by atoms with Crippen LogP contribution in [-0.4, -0.2) is 38.2 Å². The van der Waals surface area contributed by atoms with E-state index in [4.69, 9.17) is 15.6 Å². The van der Waals surface area contributed by atoms with Gasteiger partial charge in [0.15, 0.2) is 9.84 Å². The molecule has 0 aliphatic rings. The van der Waals surface area contributed by atoms with E-state index < -0.39 is 9.84 Å². The van der Waals surface area contributed by atoms with Gasteiger partial charge in [-0.2, -0.15) is 0 Å². The molecule has 0 unspecified atom stereocenters. The van der Waals surface area contributed by atoms with Gasteiger partial charge in [-0.25, -0.2) is 8.42 Å². The molecule has 1 aromatic carbocycles. The summed E-state index contributed by atoms with van der Waals surface area (Å²) in [7, 11) is -3.06. The molecule has 0 bridgehead atoms. The quantitative estimate of drug-likeness (QED) is 0.541. The van der Waals surface area contributed by atoms with Crippen LogP contribution in [-0.2, 0) is 9.84 Å². The minimum atomic E-state index is -3.06. The lowest BCUT2D eigenvalue weighted by Crippen LogP contribution is -2.14. The van der Waals surface area contributed by atoms with Crippen LogP contribution in [0.4, 0.5) is 5.69 Å². The van der Waals surface area contributed by atoms with Crippen LogP contribution >= 0.6 is 0 Å². The third kappa shape index (κ3) is 5.88. The van der Waals surface area contributed by atoms with Gasteiger partial charge in [0.05, 0.1) is 18.1 Å². The highest BCUT2D eigenvalue weighted by molar-refractivity contribution is 7.91. The third-order valence-corrected chi connectivity index (χ3v) is 4.18. The molecule has 0 fully saturated rings. The Kier molecular flexibility index (Phi) is 5.94. The second kappa shape index (κ2) is 7.23. The Morgan fingerprint density at radius 1 is 1.11 bits per heavy atom. The fourth-order valence-corrected chi connectivity index (χ4v) is 2.75. The number of sulfone groups is 1. The van der Waals surface area contributed by atoms with E-state index >= 15 is 0 Å². The smallest absolute Gasteiger partial charge is 0.150 e. The van der Waals surface area contributed by atoms with E-state index in [0.29, 0.717) is 30.9 Å². The second-order valence-electron chi connectivity index (χ2n) is 4.00.